The Labute approximate surface area is 173 Å². The fourth-order valence-electron chi connectivity index (χ4n) is 4.01. The normalized spacial score (nSPS) is 16.7. The number of benzene rings is 1. The zero-order valence-electron chi connectivity index (χ0n) is 17.4. The zero-order chi connectivity index (χ0) is 19.9. The van der Waals surface area contributed by atoms with Gasteiger partial charge in [-0.05, 0) is 30.4 Å². The van der Waals surface area contributed by atoms with Gasteiger partial charge >= 0.3 is 0 Å². The molecule has 29 heavy (non-hydrogen) atoms. The van der Waals surface area contributed by atoms with Crippen LogP contribution in [0.2, 0.25) is 0 Å². The zero-order valence-corrected chi connectivity index (χ0v) is 17.4. The SMILES string of the molecule is CCCCCCNc1nc(NC2Cc3ccccc3C2)nc(N2CCOCC2)n1. The Balaban J connectivity index is 1.45. The van der Waals surface area contributed by atoms with Crippen LogP contribution in [0.25, 0.3) is 0 Å². The maximum atomic E-state index is 5.48. The molecule has 0 bridgehead atoms. The van der Waals surface area contributed by atoms with Gasteiger partial charge in [0.2, 0.25) is 17.8 Å². The van der Waals surface area contributed by atoms with Crippen LogP contribution in [0.5, 0.6) is 0 Å². The van der Waals surface area contributed by atoms with Crippen LogP contribution < -0.4 is 15.5 Å². The lowest BCUT2D eigenvalue weighted by molar-refractivity contribution is 0.122. The lowest BCUT2D eigenvalue weighted by atomic mass is 10.1. The first-order chi connectivity index (χ1) is 14.3. The lowest BCUT2D eigenvalue weighted by Crippen LogP contribution is -2.37. The first-order valence-corrected chi connectivity index (χ1v) is 11.0. The Morgan fingerprint density at radius 3 is 2.41 bits per heavy atom. The summed E-state index contributed by atoms with van der Waals surface area (Å²) in [7, 11) is 0. The second-order valence-corrected chi connectivity index (χ2v) is 7.89. The molecule has 0 spiro atoms. The van der Waals surface area contributed by atoms with Crippen LogP contribution in [0, 0.1) is 0 Å². The molecule has 156 valence electrons. The van der Waals surface area contributed by atoms with Gasteiger partial charge in [-0.3, -0.25) is 0 Å². The van der Waals surface area contributed by atoms with Gasteiger partial charge in [0.25, 0.3) is 0 Å². The summed E-state index contributed by atoms with van der Waals surface area (Å²) >= 11 is 0. The first kappa shape index (κ1) is 19.9. The van der Waals surface area contributed by atoms with E-state index in [1.807, 2.05) is 0 Å². The van der Waals surface area contributed by atoms with Gasteiger partial charge in [-0.25, -0.2) is 0 Å². The van der Waals surface area contributed by atoms with Crippen LogP contribution in [0.4, 0.5) is 17.8 Å². The molecule has 2 heterocycles. The van der Waals surface area contributed by atoms with Crippen LogP contribution in [0.1, 0.15) is 43.7 Å². The number of nitrogens with zero attached hydrogens (tertiary/aromatic N) is 4. The van der Waals surface area contributed by atoms with Crippen molar-refractivity contribution in [2.45, 2.75) is 51.5 Å². The fraction of sp³-hybridized carbons (Fsp3) is 0.591. The number of anilines is 3. The number of rotatable bonds is 9. The van der Waals surface area contributed by atoms with E-state index in [0.29, 0.717) is 31.2 Å². The predicted octanol–water partition coefficient (Wildman–Crippen LogP) is 3.28. The average Bonchev–Trinajstić information content (AvgIpc) is 3.16. The summed E-state index contributed by atoms with van der Waals surface area (Å²) < 4.78 is 5.48. The molecule has 7 heteroatoms. The molecule has 2 N–H and O–H groups in total. The molecule has 2 aliphatic rings. The quantitative estimate of drug-likeness (QED) is 0.630. The van der Waals surface area contributed by atoms with E-state index in [-0.39, 0.29) is 0 Å². The van der Waals surface area contributed by atoms with Gasteiger partial charge in [-0.1, -0.05) is 50.5 Å². The number of hydrogen-bond acceptors (Lipinski definition) is 7. The maximum absolute atomic E-state index is 5.48. The topological polar surface area (TPSA) is 75.2 Å². The third-order valence-corrected chi connectivity index (χ3v) is 5.62. The minimum absolute atomic E-state index is 0.324. The highest BCUT2D eigenvalue weighted by Gasteiger charge is 2.23. The van der Waals surface area contributed by atoms with E-state index in [4.69, 9.17) is 9.72 Å². The molecule has 0 unspecified atom stereocenters. The molecule has 1 fully saturated rings. The van der Waals surface area contributed by atoms with Gasteiger partial charge in [0.05, 0.1) is 13.2 Å². The van der Waals surface area contributed by atoms with E-state index in [1.54, 1.807) is 0 Å². The minimum Gasteiger partial charge on any atom is -0.378 e. The number of nitrogens with one attached hydrogen (secondary N) is 2. The fourth-order valence-corrected chi connectivity index (χ4v) is 4.01. The molecule has 1 aliphatic heterocycles. The molecular formula is C22H32N6O. The van der Waals surface area contributed by atoms with Crippen molar-refractivity contribution in [3.63, 3.8) is 0 Å². The molecule has 0 amide bonds. The summed E-state index contributed by atoms with van der Waals surface area (Å²) in [5.74, 6) is 2.06. The summed E-state index contributed by atoms with van der Waals surface area (Å²) in [6, 6.07) is 8.98. The van der Waals surface area contributed by atoms with E-state index < -0.39 is 0 Å². The van der Waals surface area contributed by atoms with Gasteiger partial charge in [0, 0.05) is 25.7 Å². The molecule has 0 saturated carbocycles. The van der Waals surface area contributed by atoms with E-state index in [1.165, 1.54) is 30.4 Å². The van der Waals surface area contributed by atoms with Crippen molar-refractivity contribution < 1.29 is 4.74 Å². The van der Waals surface area contributed by atoms with Crippen LogP contribution in [0.15, 0.2) is 24.3 Å². The second-order valence-electron chi connectivity index (χ2n) is 7.89. The van der Waals surface area contributed by atoms with Gasteiger partial charge < -0.3 is 20.3 Å². The molecule has 4 rings (SSSR count). The molecular weight excluding hydrogens is 364 g/mol. The number of morpholine rings is 1. The minimum atomic E-state index is 0.324. The molecule has 1 aromatic carbocycles. The van der Waals surface area contributed by atoms with Crippen molar-refractivity contribution >= 4 is 17.8 Å². The summed E-state index contributed by atoms with van der Waals surface area (Å²) in [5.41, 5.74) is 2.84. The number of unbranched alkanes of at least 4 members (excludes halogenated alkanes) is 3. The Kier molecular flexibility index (Phi) is 6.77. The van der Waals surface area contributed by atoms with Gasteiger partial charge in [-0.15, -0.1) is 0 Å². The van der Waals surface area contributed by atoms with Crippen molar-refractivity contribution in [2.24, 2.45) is 0 Å². The highest BCUT2D eigenvalue weighted by Crippen LogP contribution is 2.24. The Morgan fingerprint density at radius 1 is 0.966 bits per heavy atom. The smallest absolute Gasteiger partial charge is 0.232 e. The van der Waals surface area contributed by atoms with Crippen LogP contribution in [-0.4, -0.2) is 53.8 Å². The summed E-state index contributed by atoms with van der Waals surface area (Å²) in [6.07, 6.45) is 6.89. The molecule has 1 aromatic heterocycles. The number of ether oxygens (including phenoxy) is 1. The van der Waals surface area contributed by atoms with Gasteiger partial charge in [0.15, 0.2) is 0 Å². The molecule has 0 radical (unpaired) electrons. The number of hydrogen-bond donors (Lipinski definition) is 2. The van der Waals surface area contributed by atoms with Crippen molar-refractivity contribution in [1.82, 2.24) is 15.0 Å². The highest BCUT2D eigenvalue weighted by molar-refractivity contribution is 5.46. The van der Waals surface area contributed by atoms with Crippen LogP contribution in [0.3, 0.4) is 0 Å². The standard InChI is InChI=1S/C22H32N6O/c1-2-3-4-7-10-23-20-25-21(27-22(26-20)28-11-13-29-14-12-28)24-19-15-17-8-5-6-9-18(17)16-19/h5-6,8-9,19H,2-4,7,10-16H2,1H3,(H2,23,24,25,26,27). The second kappa shape index (κ2) is 9.87. The third kappa shape index (κ3) is 5.35. The van der Waals surface area contributed by atoms with E-state index >= 15 is 0 Å². The predicted molar refractivity (Wildman–Crippen MR) is 117 cm³/mol. The molecule has 7 nitrogen and oxygen atoms in total. The maximum Gasteiger partial charge on any atom is 0.232 e. The lowest BCUT2D eigenvalue weighted by Gasteiger charge is -2.27. The van der Waals surface area contributed by atoms with Crippen molar-refractivity contribution in [2.75, 3.05) is 48.4 Å². The molecule has 1 aliphatic carbocycles. The Bertz CT molecular complexity index is 768. The monoisotopic (exact) mass is 396 g/mol. The average molecular weight is 397 g/mol. The molecule has 2 aromatic rings. The summed E-state index contributed by atoms with van der Waals surface area (Å²) in [5, 5.41) is 6.96. The number of fused-ring (bicyclic) bond motifs is 1. The molecule has 0 atom stereocenters. The largest absolute Gasteiger partial charge is 0.378 e. The first-order valence-electron chi connectivity index (χ1n) is 11.0. The third-order valence-electron chi connectivity index (χ3n) is 5.62. The van der Waals surface area contributed by atoms with Crippen molar-refractivity contribution in [3.8, 4) is 0 Å². The number of aromatic nitrogens is 3. The van der Waals surface area contributed by atoms with Crippen LogP contribution >= 0.6 is 0 Å². The summed E-state index contributed by atoms with van der Waals surface area (Å²) in [6.45, 7) is 6.18. The van der Waals surface area contributed by atoms with E-state index in [0.717, 1.165) is 44.8 Å². The van der Waals surface area contributed by atoms with E-state index in [9.17, 15) is 0 Å². The van der Waals surface area contributed by atoms with Gasteiger partial charge in [-0.2, -0.15) is 15.0 Å². The highest BCUT2D eigenvalue weighted by atomic mass is 16.5. The van der Waals surface area contributed by atoms with E-state index in [2.05, 4.69) is 56.7 Å². The summed E-state index contributed by atoms with van der Waals surface area (Å²) in [4.78, 5) is 16.3. The Morgan fingerprint density at radius 2 is 1.69 bits per heavy atom. The van der Waals surface area contributed by atoms with Crippen LogP contribution in [-0.2, 0) is 17.6 Å². The van der Waals surface area contributed by atoms with Gasteiger partial charge in [0.1, 0.15) is 0 Å². The van der Waals surface area contributed by atoms with Crippen molar-refractivity contribution in [1.29, 1.82) is 0 Å². The Hall–Kier alpha value is -2.41. The van der Waals surface area contributed by atoms with Crippen molar-refractivity contribution in [3.05, 3.63) is 35.4 Å². The molecule has 1 saturated heterocycles.